The quantitative estimate of drug-likeness (QED) is 0.924. The van der Waals surface area contributed by atoms with Crippen LogP contribution in [0.2, 0.25) is 0 Å². The molecule has 2 unspecified atom stereocenters. The number of hydrogen-bond donors (Lipinski definition) is 1. The summed E-state index contributed by atoms with van der Waals surface area (Å²) in [6, 6.07) is 6.94. The van der Waals surface area contributed by atoms with Crippen molar-refractivity contribution in [2.24, 2.45) is 11.3 Å². The summed E-state index contributed by atoms with van der Waals surface area (Å²) in [7, 11) is 3.92. The molecule has 1 aromatic rings. The Hall–Kier alpha value is -1.35. The van der Waals surface area contributed by atoms with E-state index in [2.05, 4.69) is 44.4 Å². The molecule has 1 amide bonds. The monoisotopic (exact) mass is 286 g/mol. The lowest BCUT2D eigenvalue weighted by Crippen LogP contribution is -2.32. The van der Waals surface area contributed by atoms with Gasteiger partial charge in [0, 0.05) is 18.8 Å². The zero-order valence-electron chi connectivity index (χ0n) is 13.6. The van der Waals surface area contributed by atoms with Crippen LogP contribution >= 0.6 is 0 Å². The third kappa shape index (κ3) is 2.38. The number of amides is 1. The van der Waals surface area contributed by atoms with Crippen LogP contribution in [0, 0.1) is 11.3 Å². The first kappa shape index (κ1) is 14.6. The highest BCUT2D eigenvalue weighted by molar-refractivity contribution is 6.00. The molecule has 21 heavy (non-hydrogen) atoms. The van der Waals surface area contributed by atoms with E-state index in [1.165, 1.54) is 30.4 Å². The summed E-state index contributed by atoms with van der Waals surface area (Å²) in [5.41, 5.74) is 3.97. The van der Waals surface area contributed by atoms with Crippen LogP contribution in [0.25, 0.3) is 0 Å². The first-order valence-electron chi connectivity index (χ1n) is 8.00. The largest absolute Gasteiger partial charge is 0.315 e. The summed E-state index contributed by atoms with van der Waals surface area (Å²) in [6.45, 7) is 4.78. The van der Waals surface area contributed by atoms with E-state index in [-0.39, 0.29) is 5.91 Å². The predicted molar refractivity (Wildman–Crippen MR) is 86.5 cm³/mol. The van der Waals surface area contributed by atoms with Crippen molar-refractivity contribution in [3.8, 4) is 0 Å². The zero-order valence-corrected chi connectivity index (χ0v) is 13.6. The van der Waals surface area contributed by atoms with Gasteiger partial charge in [0.15, 0.2) is 0 Å². The number of anilines is 1. The molecule has 3 nitrogen and oxygen atoms in total. The van der Waals surface area contributed by atoms with Gasteiger partial charge in [-0.3, -0.25) is 4.79 Å². The van der Waals surface area contributed by atoms with Gasteiger partial charge >= 0.3 is 0 Å². The fourth-order valence-corrected chi connectivity index (χ4v) is 4.26. The number of carbonyl (C=O) groups excluding carboxylic acids is 1. The van der Waals surface area contributed by atoms with Crippen LogP contribution in [0.5, 0.6) is 0 Å². The van der Waals surface area contributed by atoms with Crippen LogP contribution in [0.15, 0.2) is 18.2 Å². The van der Waals surface area contributed by atoms with Crippen molar-refractivity contribution in [2.75, 3.05) is 19.0 Å². The minimum absolute atomic E-state index is 0.198. The van der Waals surface area contributed by atoms with Crippen molar-refractivity contribution < 1.29 is 4.79 Å². The Morgan fingerprint density at radius 2 is 2.14 bits per heavy atom. The highest BCUT2D eigenvalue weighted by Crippen LogP contribution is 2.49. The number of likely N-dealkylation sites (N-methyl/N-ethyl adjacent to an activating group) is 1. The van der Waals surface area contributed by atoms with E-state index in [0.717, 1.165) is 5.69 Å². The highest BCUT2D eigenvalue weighted by Gasteiger charge is 2.39. The molecule has 3 rings (SSSR count). The van der Waals surface area contributed by atoms with Crippen LogP contribution < -0.4 is 10.2 Å². The van der Waals surface area contributed by atoms with Crippen molar-refractivity contribution in [1.82, 2.24) is 5.32 Å². The van der Waals surface area contributed by atoms with E-state index < -0.39 is 0 Å². The van der Waals surface area contributed by atoms with Crippen molar-refractivity contribution in [1.29, 1.82) is 0 Å². The van der Waals surface area contributed by atoms with Gasteiger partial charge in [0.05, 0.1) is 6.42 Å². The molecule has 0 aromatic heterocycles. The fourth-order valence-electron chi connectivity index (χ4n) is 4.26. The van der Waals surface area contributed by atoms with Crippen molar-refractivity contribution in [2.45, 2.75) is 45.6 Å². The number of nitrogens with one attached hydrogen (secondary N) is 1. The van der Waals surface area contributed by atoms with Gasteiger partial charge in [-0.15, -0.1) is 0 Å². The number of carbonyl (C=O) groups is 1. The van der Waals surface area contributed by atoms with Gasteiger partial charge in [-0.2, -0.15) is 0 Å². The zero-order chi connectivity index (χ0) is 15.2. The maximum Gasteiger partial charge on any atom is 0.231 e. The Balaban J connectivity index is 1.93. The second kappa shape index (κ2) is 5.13. The number of fused-ring (bicyclic) bond motifs is 1. The van der Waals surface area contributed by atoms with Crippen molar-refractivity contribution in [3.05, 3.63) is 29.3 Å². The van der Waals surface area contributed by atoms with Gasteiger partial charge in [-0.05, 0) is 48.4 Å². The van der Waals surface area contributed by atoms with Crippen LogP contribution in [-0.4, -0.2) is 20.0 Å². The lowest BCUT2D eigenvalue weighted by atomic mass is 9.75. The molecular weight excluding hydrogens is 260 g/mol. The smallest absolute Gasteiger partial charge is 0.231 e. The van der Waals surface area contributed by atoms with Crippen LogP contribution in [-0.2, 0) is 11.2 Å². The second-order valence-electron chi connectivity index (χ2n) is 7.27. The second-order valence-corrected chi connectivity index (χ2v) is 7.27. The molecule has 1 aliphatic carbocycles. The lowest BCUT2D eigenvalue weighted by Gasteiger charge is -2.34. The summed E-state index contributed by atoms with van der Waals surface area (Å²) in [5.74, 6) is 0.861. The molecule has 1 aromatic carbocycles. The van der Waals surface area contributed by atoms with E-state index in [1.54, 1.807) is 4.90 Å². The number of benzene rings is 1. The summed E-state index contributed by atoms with van der Waals surface area (Å²) in [4.78, 5) is 13.6. The van der Waals surface area contributed by atoms with Crippen LogP contribution in [0.3, 0.4) is 0 Å². The Bertz CT molecular complexity index is 564. The first-order chi connectivity index (χ1) is 9.94. The molecular formula is C18H26N2O. The molecule has 1 fully saturated rings. The SMILES string of the molecule is CNC(c1ccc2c(c1)CC(=O)N2C)C1CCCC1(C)C. The van der Waals surface area contributed by atoms with Crippen molar-refractivity contribution in [3.63, 3.8) is 0 Å². The molecule has 2 atom stereocenters. The Labute approximate surface area is 127 Å². The maximum atomic E-state index is 11.9. The highest BCUT2D eigenvalue weighted by atomic mass is 16.2. The summed E-state index contributed by atoms with van der Waals surface area (Å²) in [5, 5.41) is 3.53. The third-order valence-corrected chi connectivity index (χ3v) is 5.59. The minimum Gasteiger partial charge on any atom is -0.315 e. The molecule has 0 saturated heterocycles. The topological polar surface area (TPSA) is 32.3 Å². The van der Waals surface area contributed by atoms with Gasteiger partial charge < -0.3 is 10.2 Å². The van der Waals surface area contributed by atoms with Gasteiger partial charge in [0.25, 0.3) is 0 Å². The molecule has 1 aliphatic heterocycles. The number of hydrogen-bond acceptors (Lipinski definition) is 2. The number of nitrogens with zero attached hydrogens (tertiary/aromatic N) is 1. The molecule has 0 radical (unpaired) electrons. The van der Waals surface area contributed by atoms with Crippen molar-refractivity contribution >= 4 is 11.6 Å². The first-order valence-corrected chi connectivity index (χ1v) is 8.00. The molecule has 2 aliphatic rings. The summed E-state index contributed by atoms with van der Waals surface area (Å²) in [6.07, 6.45) is 4.46. The van der Waals surface area contributed by atoms with Crippen LogP contribution in [0.4, 0.5) is 5.69 Å². The van der Waals surface area contributed by atoms with E-state index in [9.17, 15) is 4.79 Å². The van der Waals surface area contributed by atoms with Gasteiger partial charge in [0.2, 0.25) is 5.91 Å². The molecule has 1 saturated carbocycles. The Morgan fingerprint density at radius 3 is 2.76 bits per heavy atom. The van der Waals surface area contributed by atoms with E-state index in [1.807, 2.05) is 7.05 Å². The van der Waals surface area contributed by atoms with Gasteiger partial charge in [-0.25, -0.2) is 0 Å². The Kier molecular flexibility index (Phi) is 3.56. The fraction of sp³-hybridized carbons (Fsp3) is 0.611. The van der Waals surface area contributed by atoms with Gasteiger partial charge in [-0.1, -0.05) is 32.4 Å². The normalized spacial score (nSPS) is 25.2. The average Bonchev–Trinajstić information content (AvgIpc) is 2.92. The molecule has 0 bridgehead atoms. The Morgan fingerprint density at radius 1 is 1.38 bits per heavy atom. The molecule has 0 spiro atoms. The van der Waals surface area contributed by atoms with Crippen LogP contribution in [0.1, 0.15) is 50.3 Å². The minimum atomic E-state index is 0.198. The summed E-state index contributed by atoms with van der Waals surface area (Å²) < 4.78 is 0. The lowest BCUT2D eigenvalue weighted by molar-refractivity contribution is -0.117. The average molecular weight is 286 g/mol. The third-order valence-electron chi connectivity index (χ3n) is 5.59. The predicted octanol–water partition coefficient (Wildman–Crippen LogP) is 3.29. The van der Waals surface area contributed by atoms with E-state index in [0.29, 0.717) is 23.8 Å². The van der Waals surface area contributed by atoms with E-state index in [4.69, 9.17) is 0 Å². The standard InChI is InChI=1S/C18H26N2O/c1-18(2)9-5-6-14(18)17(19-3)12-7-8-15-13(10-12)11-16(21)20(15)4/h7-8,10,14,17,19H,5-6,9,11H2,1-4H3. The van der Waals surface area contributed by atoms with E-state index >= 15 is 0 Å². The molecule has 1 N–H and O–H groups in total. The van der Waals surface area contributed by atoms with Gasteiger partial charge in [0.1, 0.15) is 0 Å². The molecule has 1 heterocycles. The number of rotatable bonds is 3. The maximum absolute atomic E-state index is 11.9. The summed E-state index contributed by atoms with van der Waals surface area (Å²) >= 11 is 0. The molecule has 114 valence electrons. The molecule has 3 heteroatoms.